The van der Waals surface area contributed by atoms with Gasteiger partial charge in [-0.25, -0.2) is 0 Å². The quantitative estimate of drug-likeness (QED) is 0.817. The minimum atomic E-state index is -0.0195. The van der Waals surface area contributed by atoms with E-state index in [1.807, 2.05) is 23.1 Å². The number of carbonyl (C=O) groups excluding carboxylic acids is 2. The minimum absolute atomic E-state index is 0.0195. The van der Waals surface area contributed by atoms with E-state index in [0.717, 1.165) is 25.9 Å². The second-order valence-corrected chi connectivity index (χ2v) is 7.40. The van der Waals surface area contributed by atoms with Crippen molar-refractivity contribution in [1.82, 2.24) is 15.1 Å². The van der Waals surface area contributed by atoms with Crippen LogP contribution in [0.5, 0.6) is 0 Å². The molecule has 0 radical (unpaired) electrons. The van der Waals surface area contributed by atoms with Crippen LogP contribution in [-0.2, 0) is 9.59 Å². The van der Waals surface area contributed by atoms with Gasteiger partial charge >= 0.3 is 0 Å². The molecule has 2 N–H and O–H groups in total. The molecule has 0 unspecified atom stereocenters. The minimum Gasteiger partial charge on any atom is -0.395 e. The molecule has 2 aliphatic rings. The molecule has 2 heterocycles. The van der Waals surface area contributed by atoms with Crippen molar-refractivity contribution in [3.63, 3.8) is 0 Å². The van der Waals surface area contributed by atoms with Crippen molar-refractivity contribution in [2.45, 2.75) is 31.7 Å². The van der Waals surface area contributed by atoms with Crippen LogP contribution in [0.4, 0.5) is 0 Å². The lowest BCUT2D eigenvalue weighted by molar-refractivity contribution is -0.134. The van der Waals surface area contributed by atoms with Crippen LogP contribution < -0.4 is 5.32 Å². The number of nitrogens with one attached hydrogen (secondary N) is 1. The zero-order chi connectivity index (χ0) is 18.5. The Morgan fingerprint density at radius 3 is 2.46 bits per heavy atom. The molecule has 6 nitrogen and oxygen atoms in total. The zero-order valence-electron chi connectivity index (χ0n) is 15.4. The number of benzene rings is 1. The van der Waals surface area contributed by atoms with Crippen LogP contribution in [0.15, 0.2) is 30.3 Å². The summed E-state index contributed by atoms with van der Waals surface area (Å²) in [4.78, 5) is 28.3. The summed E-state index contributed by atoms with van der Waals surface area (Å²) in [5, 5.41) is 12.5. The lowest BCUT2D eigenvalue weighted by Crippen LogP contribution is -2.46. The third kappa shape index (κ3) is 4.43. The van der Waals surface area contributed by atoms with Gasteiger partial charge in [0.2, 0.25) is 11.8 Å². The largest absolute Gasteiger partial charge is 0.395 e. The molecule has 2 atom stereocenters. The SMILES string of the molecule is CC(=O)N1CCC(C(=O)N[C@H]2CN(CCO)C[C@@H]2c2ccccc2)CC1. The molecule has 2 fully saturated rings. The van der Waals surface area contributed by atoms with E-state index in [1.165, 1.54) is 5.56 Å². The fraction of sp³-hybridized carbons (Fsp3) is 0.600. The first kappa shape index (κ1) is 18.9. The topological polar surface area (TPSA) is 72.9 Å². The van der Waals surface area contributed by atoms with Gasteiger partial charge in [-0.2, -0.15) is 0 Å². The predicted molar refractivity (Wildman–Crippen MR) is 99.6 cm³/mol. The Labute approximate surface area is 155 Å². The highest BCUT2D eigenvalue weighted by atomic mass is 16.3. The first-order valence-corrected chi connectivity index (χ1v) is 9.52. The number of hydrogen-bond acceptors (Lipinski definition) is 4. The van der Waals surface area contributed by atoms with Gasteiger partial charge in [-0.15, -0.1) is 0 Å². The average molecular weight is 359 g/mol. The van der Waals surface area contributed by atoms with Gasteiger partial charge in [0.15, 0.2) is 0 Å². The van der Waals surface area contributed by atoms with Gasteiger partial charge in [-0.1, -0.05) is 30.3 Å². The molecular formula is C20H29N3O3. The van der Waals surface area contributed by atoms with Crippen molar-refractivity contribution in [2.24, 2.45) is 5.92 Å². The van der Waals surface area contributed by atoms with Crippen LogP contribution in [0.3, 0.4) is 0 Å². The van der Waals surface area contributed by atoms with Gasteiger partial charge < -0.3 is 15.3 Å². The van der Waals surface area contributed by atoms with Crippen molar-refractivity contribution in [1.29, 1.82) is 0 Å². The van der Waals surface area contributed by atoms with Crippen molar-refractivity contribution in [3.05, 3.63) is 35.9 Å². The first-order chi connectivity index (χ1) is 12.6. The Hall–Kier alpha value is -1.92. The van der Waals surface area contributed by atoms with E-state index in [9.17, 15) is 14.7 Å². The molecule has 2 aliphatic heterocycles. The Kier molecular flexibility index (Phi) is 6.27. The molecule has 0 bridgehead atoms. The van der Waals surface area contributed by atoms with E-state index >= 15 is 0 Å². The standard InChI is InChI=1S/C20H29N3O3/c1-15(25)23-9-7-17(8-10-23)20(26)21-19-14-22(11-12-24)13-18(19)16-5-3-2-4-6-16/h2-6,17-19,24H,7-14H2,1H3,(H,21,26)/t18-,19+/m1/s1. The number of amides is 2. The monoisotopic (exact) mass is 359 g/mol. The maximum Gasteiger partial charge on any atom is 0.223 e. The fourth-order valence-electron chi connectivity index (χ4n) is 4.15. The van der Waals surface area contributed by atoms with E-state index in [-0.39, 0.29) is 36.3 Å². The second-order valence-electron chi connectivity index (χ2n) is 7.40. The highest BCUT2D eigenvalue weighted by Gasteiger charge is 2.36. The summed E-state index contributed by atoms with van der Waals surface area (Å²) in [5.41, 5.74) is 1.23. The molecule has 2 saturated heterocycles. The number of aliphatic hydroxyl groups excluding tert-OH is 1. The van der Waals surface area contributed by atoms with Crippen LogP contribution in [0.2, 0.25) is 0 Å². The summed E-state index contributed by atoms with van der Waals surface area (Å²) in [5.74, 6) is 0.409. The molecule has 0 saturated carbocycles. The number of piperidine rings is 1. The number of β-amino-alcohol motifs (C(OH)–C–C–N with tert-alkyl or cyclic N) is 1. The number of likely N-dealkylation sites (tertiary alicyclic amines) is 2. The first-order valence-electron chi connectivity index (χ1n) is 9.52. The van der Waals surface area contributed by atoms with Crippen molar-refractivity contribution < 1.29 is 14.7 Å². The van der Waals surface area contributed by atoms with Gasteiger partial charge in [-0.05, 0) is 18.4 Å². The summed E-state index contributed by atoms with van der Waals surface area (Å²) in [6, 6.07) is 10.3. The molecule has 6 heteroatoms. The maximum atomic E-state index is 12.8. The Bertz CT molecular complexity index is 614. The third-order valence-corrected chi connectivity index (χ3v) is 5.68. The number of rotatable bonds is 5. The van der Waals surface area contributed by atoms with Crippen molar-refractivity contribution in [3.8, 4) is 0 Å². The van der Waals surface area contributed by atoms with E-state index in [2.05, 4.69) is 22.3 Å². The normalized spacial score (nSPS) is 24.6. The molecule has 26 heavy (non-hydrogen) atoms. The molecule has 1 aromatic rings. The second kappa shape index (κ2) is 8.64. The van der Waals surface area contributed by atoms with E-state index in [4.69, 9.17) is 0 Å². The smallest absolute Gasteiger partial charge is 0.223 e. The van der Waals surface area contributed by atoms with Crippen LogP contribution in [0.1, 0.15) is 31.2 Å². The molecule has 142 valence electrons. The number of aliphatic hydroxyl groups is 1. The average Bonchev–Trinajstić information content (AvgIpc) is 3.05. The van der Waals surface area contributed by atoms with Crippen molar-refractivity contribution >= 4 is 11.8 Å². The number of nitrogens with zero attached hydrogens (tertiary/aromatic N) is 2. The highest BCUT2D eigenvalue weighted by molar-refractivity contribution is 5.80. The van der Waals surface area contributed by atoms with E-state index in [1.54, 1.807) is 6.92 Å². The molecular weight excluding hydrogens is 330 g/mol. The summed E-state index contributed by atoms with van der Waals surface area (Å²) in [7, 11) is 0. The Balaban J connectivity index is 1.62. The molecule has 2 amide bonds. The van der Waals surface area contributed by atoms with Gasteiger partial charge in [0, 0.05) is 57.5 Å². The van der Waals surface area contributed by atoms with Gasteiger partial charge in [-0.3, -0.25) is 14.5 Å². The highest BCUT2D eigenvalue weighted by Crippen LogP contribution is 2.28. The zero-order valence-corrected chi connectivity index (χ0v) is 15.4. The fourth-order valence-corrected chi connectivity index (χ4v) is 4.15. The van der Waals surface area contributed by atoms with Crippen LogP contribution in [0, 0.1) is 5.92 Å². The van der Waals surface area contributed by atoms with Gasteiger partial charge in [0.05, 0.1) is 6.61 Å². The molecule has 1 aromatic carbocycles. The molecule has 0 aliphatic carbocycles. The van der Waals surface area contributed by atoms with Crippen LogP contribution in [0.25, 0.3) is 0 Å². The Morgan fingerprint density at radius 2 is 1.85 bits per heavy atom. The van der Waals surface area contributed by atoms with Crippen LogP contribution in [-0.4, -0.2) is 72.1 Å². The van der Waals surface area contributed by atoms with Gasteiger partial charge in [0.25, 0.3) is 0 Å². The summed E-state index contributed by atoms with van der Waals surface area (Å²) < 4.78 is 0. The van der Waals surface area contributed by atoms with Crippen molar-refractivity contribution in [2.75, 3.05) is 39.3 Å². The summed E-state index contributed by atoms with van der Waals surface area (Å²) in [6.07, 6.45) is 1.46. The lowest BCUT2D eigenvalue weighted by Gasteiger charge is -2.31. The number of hydrogen-bond donors (Lipinski definition) is 2. The molecule has 3 rings (SSSR count). The van der Waals surface area contributed by atoms with Crippen LogP contribution >= 0.6 is 0 Å². The van der Waals surface area contributed by atoms with E-state index < -0.39 is 0 Å². The molecule has 0 aromatic heterocycles. The van der Waals surface area contributed by atoms with Gasteiger partial charge in [0.1, 0.15) is 0 Å². The maximum absolute atomic E-state index is 12.8. The third-order valence-electron chi connectivity index (χ3n) is 5.68. The number of carbonyl (C=O) groups is 2. The lowest BCUT2D eigenvalue weighted by atomic mass is 9.92. The predicted octanol–water partition coefficient (Wildman–Crippen LogP) is 0.821. The summed E-state index contributed by atoms with van der Waals surface area (Å²) in [6.45, 7) is 5.28. The van der Waals surface area contributed by atoms with E-state index in [0.29, 0.717) is 19.6 Å². The Morgan fingerprint density at radius 1 is 1.15 bits per heavy atom. The summed E-state index contributed by atoms with van der Waals surface area (Å²) >= 11 is 0. The molecule has 0 spiro atoms.